The van der Waals surface area contributed by atoms with Crippen LogP contribution in [0.3, 0.4) is 0 Å². The van der Waals surface area contributed by atoms with Gasteiger partial charge in [0.05, 0.1) is 11.6 Å². The molecule has 0 atom stereocenters. The zero-order chi connectivity index (χ0) is 13.5. The van der Waals surface area contributed by atoms with Gasteiger partial charge < -0.3 is 10.9 Å². The summed E-state index contributed by atoms with van der Waals surface area (Å²) >= 11 is 5.90. The number of nitrogens with zero attached hydrogens (tertiary/aromatic N) is 2. The summed E-state index contributed by atoms with van der Waals surface area (Å²) in [6, 6.07) is 4.70. The third-order valence-electron chi connectivity index (χ3n) is 2.48. The van der Waals surface area contributed by atoms with Crippen molar-refractivity contribution in [1.29, 1.82) is 0 Å². The molecule has 0 bridgehead atoms. The van der Waals surface area contributed by atoms with Gasteiger partial charge >= 0.3 is 0 Å². The molecule has 0 amide bonds. The van der Waals surface area contributed by atoms with E-state index >= 15 is 0 Å². The topological polar surface area (TPSA) is 61.8 Å². The zero-order valence-corrected chi connectivity index (χ0v) is 11.0. The number of hydrogen-bond acceptors (Lipinski definition) is 3. The number of amidine groups is 1. The first-order valence-corrected chi connectivity index (χ1v) is 6.08. The molecule has 0 aliphatic rings. The Morgan fingerprint density at radius 2 is 2.28 bits per heavy atom. The minimum atomic E-state index is -0.436. The van der Waals surface area contributed by atoms with Crippen LogP contribution in [0.15, 0.2) is 23.4 Å². The minimum Gasteiger partial charge on any atom is -0.409 e. The lowest BCUT2D eigenvalue weighted by molar-refractivity contribution is 0.285. The van der Waals surface area contributed by atoms with Crippen molar-refractivity contribution in [3.63, 3.8) is 0 Å². The molecular formula is C12H17ClFN3O. The molecule has 0 unspecified atom stereocenters. The predicted molar refractivity (Wildman–Crippen MR) is 70.4 cm³/mol. The first kappa shape index (κ1) is 14.7. The van der Waals surface area contributed by atoms with Crippen LogP contribution < -0.4 is 5.73 Å². The molecule has 0 fully saturated rings. The monoisotopic (exact) mass is 273 g/mol. The van der Waals surface area contributed by atoms with Crippen molar-refractivity contribution >= 4 is 17.4 Å². The van der Waals surface area contributed by atoms with Crippen LogP contribution in [0.1, 0.15) is 18.9 Å². The van der Waals surface area contributed by atoms with E-state index in [0.29, 0.717) is 18.7 Å². The molecule has 0 heterocycles. The summed E-state index contributed by atoms with van der Waals surface area (Å²) in [6.45, 7) is 3.55. The molecule has 6 heteroatoms. The van der Waals surface area contributed by atoms with E-state index in [2.05, 4.69) is 5.16 Å². The van der Waals surface area contributed by atoms with Gasteiger partial charge in [-0.25, -0.2) is 4.39 Å². The molecule has 0 aromatic heterocycles. The van der Waals surface area contributed by atoms with Crippen LogP contribution in [0.4, 0.5) is 4.39 Å². The average Bonchev–Trinajstić information content (AvgIpc) is 2.35. The highest BCUT2D eigenvalue weighted by molar-refractivity contribution is 6.31. The maximum atomic E-state index is 13.3. The molecule has 100 valence electrons. The highest BCUT2D eigenvalue weighted by Gasteiger charge is 2.11. The van der Waals surface area contributed by atoms with Crippen LogP contribution >= 0.6 is 11.6 Å². The summed E-state index contributed by atoms with van der Waals surface area (Å²) < 4.78 is 13.3. The van der Waals surface area contributed by atoms with E-state index in [4.69, 9.17) is 22.5 Å². The van der Waals surface area contributed by atoms with Crippen LogP contribution in [0.25, 0.3) is 0 Å². The first-order valence-electron chi connectivity index (χ1n) is 5.70. The molecule has 4 nitrogen and oxygen atoms in total. The second-order valence-electron chi connectivity index (χ2n) is 4.01. The Balaban J connectivity index is 2.79. The zero-order valence-electron chi connectivity index (χ0n) is 10.2. The molecule has 18 heavy (non-hydrogen) atoms. The molecule has 3 N–H and O–H groups in total. The third-order valence-corrected chi connectivity index (χ3v) is 2.90. The number of nitrogens with two attached hydrogens (primary N) is 1. The van der Waals surface area contributed by atoms with Crippen LogP contribution in [0, 0.1) is 5.82 Å². The van der Waals surface area contributed by atoms with Crippen molar-refractivity contribution in [3.8, 4) is 0 Å². The van der Waals surface area contributed by atoms with Gasteiger partial charge in [0.15, 0.2) is 5.84 Å². The van der Waals surface area contributed by atoms with Gasteiger partial charge in [0.2, 0.25) is 0 Å². The van der Waals surface area contributed by atoms with Crippen molar-refractivity contribution in [2.45, 2.75) is 19.9 Å². The summed E-state index contributed by atoms with van der Waals surface area (Å²) in [5, 5.41) is 11.6. The third kappa shape index (κ3) is 4.16. The van der Waals surface area contributed by atoms with E-state index in [0.717, 1.165) is 13.0 Å². The SMILES string of the molecule is CCCN(C/C(N)=N/O)Cc1cccc(F)c1Cl. The molecule has 1 rings (SSSR count). The lowest BCUT2D eigenvalue weighted by Gasteiger charge is -2.21. The fraction of sp³-hybridized carbons (Fsp3) is 0.417. The predicted octanol–water partition coefficient (Wildman–Crippen LogP) is 2.44. The Labute approximate surface area is 111 Å². The Morgan fingerprint density at radius 1 is 1.56 bits per heavy atom. The summed E-state index contributed by atoms with van der Waals surface area (Å²) in [4.78, 5) is 1.94. The lowest BCUT2D eigenvalue weighted by atomic mass is 10.2. The molecule has 0 saturated carbocycles. The number of oxime groups is 1. The van der Waals surface area contributed by atoms with E-state index in [1.54, 1.807) is 12.1 Å². The maximum absolute atomic E-state index is 13.3. The smallest absolute Gasteiger partial charge is 0.153 e. The second-order valence-corrected chi connectivity index (χ2v) is 4.39. The van der Waals surface area contributed by atoms with Crippen molar-refractivity contribution in [2.75, 3.05) is 13.1 Å². The molecule has 0 saturated heterocycles. The van der Waals surface area contributed by atoms with Crippen LogP contribution in [-0.4, -0.2) is 29.0 Å². The van der Waals surface area contributed by atoms with Crippen LogP contribution in [0.5, 0.6) is 0 Å². The lowest BCUT2D eigenvalue weighted by Crippen LogP contribution is -2.34. The Hall–Kier alpha value is -1.33. The second kappa shape index (κ2) is 7.18. The van der Waals surface area contributed by atoms with E-state index in [1.807, 2.05) is 11.8 Å². The average molecular weight is 274 g/mol. The largest absolute Gasteiger partial charge is 0.409 e. The summed E-state index contributed by atoms with van der Waals surface area (Å²) in [5.41, 5.74) is 6.17. The normalized spacial score (nSPS) is 12.1. The Kier molecular flexibility index (Phi) is 5.88. The van der Waals surface area contributed by atoms with Crippen molar-refractivity contribution in [2.24, 2.45) is 10.9 Å². The van der Waals surface area contributed by atoms with Gasteiger partial charge in [0.1, 0.15) is 5.82 Å². The summed E-state index contributed by atoms with van der Waals surface area (Å²) in [6.07, 6.45) is 0.908. The van der Waals surface area contributed by atoms with Gasteiger partial charge in [0, 0.05) is 6.54 Å². The number of halogens is 2. The minimum absolute atomic E-state index is 0.121. The molecule has 1 aromatic rings. The van der Waals surface area contributed by atoms with Gasteiger partial charge in [-0.15, -0.1) is 0 Å². The van der Waals surface area contributed by atoms with Crippen LogP contribution in [-0.2, 0) is 6.54 Å². The van der Waals surface area contributed by atoms with E-state index < -0.39 is 5.82 Å². The Bertz CT molecular complexity index is 426. The van der Waals surface area contributed by atoms with Gasteiger partial charge in [-0.3, -0.25) is 4.90 Å². The number of rotatable bonds is 6. The highest BCUT2D eigenvalue weighted by Crippen LogP contribution is 2.21. The van der Waals surface area contributed by atoms with Gasteiger partial charge in [-0.1, -0.05) is 35.8 Å². The van der Waals surface area contributed by atoms with Gasteiger partial charge in [-0.2, -0.15) is 0 Å². The number of benzene rings is 1. The molecule has 0 spiro atoms. The fourth-order valence-corrected chi connectivity index (χ4v) is 1.89. The standard InChI is InChI=1S/C12H17ClFN3O/c1-2-6-17(8-11(15)16-18)7-9-4-3-5-10(14)12(9)13/h3-5,18H,2,6-8H2,1H3,(H2,15,16). The quantitative estimate of drug-likeness (QED) is 0.362. The molecule has 0 aliphatic carbocycles. The molecule has 0 aliphatic heterocycles. The maximum Gasteiger partial charge on any atom is 0.153 e. The summed E-state index contributed by atoms with van der Waals surface area (Å²) in [5.74, 6) is -0.314. The fourth-order valence-electron chi connectivity index (χ4n) is 1.70. The number of hydrogen-bond donors (Lipinski definition) is 2. The van der Waals surface area contributed by atoms with Gasteiger partial charge in [-0.05, 0) is 24.6 Å². The first-order chi connectivity index (χ1) is 8.58. The molecule has 1 aromatic carbocycles. The van der Waals surface area contributed by atoms with Crippen molar-refractivity contribution in [3.05, 3.63) is 34.6 Å². The van der Waals surface area contributed by atoms with Gasteiger partial charge in [0.25, 0.3) is 0 Å². The molecular weight excluding hydrogens is 257 g/mol. The summed E-state index contributed by atoms with van der Waals surface area (Å²) in [7, 11) is 0. The molecule has 0 radical (unpaired) electrons. The highest BCUT2D eigenvalue weighted by atomic mass is 35.5. The van der Waals surface area contributed by atoms with E-state index in [1.165, 1.54) is 6.07 Å². The van der Waals surface area contributed by atoms with E-state index in [9.17, 15) is 4.39 Å². The van der Waals surface area contributed by atoms with Crippen molar-refractivity contribution in [1.82, 2.24) is 4.90 Å². The van der Waals surface area contributed by atoms with Crippen molar-refractivity contribution < 1.29 is 9.60 Å². The van der Waals surface area contributed by atoms with Crippen LogP contribution in [0.2, 0.25) is 5.02 Å². The van der Waals surface area contributed by atoms with E-state index in [-0.39, 0.29) is 10.9 Å². The Morgan fingerprint density at radius 3 is 2.89 bits per heavy atom.